The summed E-state index contributed by atoms with van der Waals surface area (Å²) < 4.78 is 6.29. The van der Waals surface area contributed by atoms with Crippen LogP contribution in [0, 0.1) is 0 Å². The van der Waals surface area contributed by atoms with Gasteiger partial charge in [0.15, 0.2) is 0 Å². The molecule has 1 amide bonds. The molecule has 8 heteroatoms. The number of rotatable bonds is 6. The van der Waals surface area contributed by atoms with Crippen molar-refractivity contribution in [2.45, 2.75) is 57.0 Å². The van der Waals surface area contributed by atoms with Gasteiger partial charge in [-0.3, -0.25) is 4.79 Å². The average molecular weight is 517 g/mol. The summed E-state index contributed by atoms with van der Waals surface area (Å²) in [6, 6.07) is 10.2. The second-order valence-corrected chi connectivity index (χ2v) is 11.2. The smallest absolute Gasteiger partial charge is 0.318 e. The first-order valence-corrected chi connectivity index (χ1v) is 14.3. The molecular weight excluding hydrogens is 476 g/mol. The highest BCUT2D eigenvalue weighted by molar-refractivity contribution is 5.87. The number of likely N-dealkylation sites (N-methyl/N-ethyl adjacent to an activating group) is 1. The molecule has 1 aromatic carbocycles. The average Bonchev–Trinajstić information content (AvgIpc) is 3.39. The van der Waals surface area contributed by atoms with Gasteiger partial charge in [0.2, 0.25) is 5.91 Å². The number of likely N-dealkylation sites (tertiary alicyclic amines) is 1. The second kappa shape index (κ2) is 10.9. The molecule has 2 saturated heterocycles. The Kier molecular flexibility index (Phi) is 7.24. The van der Waals surface area contributed by atoms with Crippen molar-refractivity contribution in [3.63, 3.8) is 0 Å². The molecule has 2 aromatic rings. The van der Waals surface area contributed by atoms with Gasteiger partial charge in [0.05, 0.1) is 5.69 Å². The van der Waals surface area contributed by atoms with E-state index in [2.05, 4.69) is 52.6 Å². The summed E-state index contributed by atoms with van der Waals surface area (Å²) in [6.45, 7) is 9.38. The highest BCUT2D eigenvalue weighted by Gasteiger charge is 2.33. The number of hydrogen-bond donors (Lipinski definition) is 0. The Morgan fingerprint density at radius 1 is 1.05 bits per heavy atom. The number of benzene rings is 1. The molecule has 38 heavy (non-hydrogen) atoms. The Bertz CT molecular complexity index is 1180. The molecule has 1 aliphatic carbocycles. The van der Waals surface area contributed by atoms with Crippen LogP contribution in [0.15, 0.2) is 36.9 Å². The SMILES string of the molecule is C=CC(=O)N1CCN(c2nc(OC[C@@H]3CCCN3C)nc3c2CCC(N2CCCc4ccccc42)C3)CC1. The van der Waals surface area contributed by atoms with Crippen molar-refractivity contribution in [3.05, 3.63) is 53.7 Å². The van der Waals surface area contributed by atoms with Gasteiger partial charge in [-0.05, 0) is 69.8 Å². The van der Waals surface area contributed by atoms with Crippen molar-refractivity contribution in [1.29, 1.82) is 0 Å². The molecule has 1 unspecified atom stereocenters. The van der Waals surface area contributed by atoms with Gasteiger partial charge in [-0.2, -0.15) is 9.97 Å². The highest BCUT2D eigenvalue weighted by Crippen LogP contribution is 2.36. The fourth-order valence-electron chi connectivity index (χ4n) is 6.72. The zero-order valence-corrected chi connectivity index (χ0v) is 22.6. The standard InChI is InChI=1S/C30H40N6O2/c1-3-28(37)34-16-18-35(19-17-34)29-25-13-12-23(36-15-6-9-22-8-4-5-11-27(22)36)20-26(25)31-30(32-29)38-21-24-10-7-14-33(24)2/h3-5,8,11,23-24H,1,6-7,9-10,12-21H2,2H3/t23?,24-/m0/s1. The maximum absolute atomic E-state index is 12.1. The maximum Gasteiger partial charge on any atom is 0.318 e. The van der Waals surface area contributed by atoms with Crippen LogP contribution in [0.25, 0.3) is 0 Å². The summed E-state index contributed by atoms with van der Waals surface area (Å²) >= 11 is 0. The number of para-hydroxylation sites is 1. The number of piperazine rings is 1. The van der Waals surface area contributed by atoms with Crippen molar-refractivity contribution in [3.8, 4) is 6.01 Å². The molecule has 0 radical (unpaired) electrons. The van der Waals surface area contributed by atoms with Gasteiger partial charge in [0.25, 0.3) is 0 Å². The van der Waals surface area contributed by atoms with Crippen molar-refractivity contribution in [1.82, 2.24) is 19.8 Å². The third kappa shape index (κ3) is 4.98. The number of nitrogens with zero attached hydrogens (tertiary/aromatic N) is 6. The van der Waals surface area contributed by atoms with Crippen LogP contribution in [-0.2, 0) is 24.1 Å². The van der Waals surface area contributed by atoms with E-state index in [1.54, 1.807) is 0 Å². The highest BCUT2D eigenvalue weighted by atomic mass is 16.5. The van der Waals surface area contributed by atoms with Crippen LogP contribution in [0.4, 0.5) is 11.5 Å². The van der Waals surface area contributed by atoms with Crippen molar-refractivity contribution in [2.24, 2.45) is 0 Å². The van der Waals surface area contributed by atoms with Gasteiger partial charge in [0, 0.05) is 62.5 Å². The number of aromatic nitrogens is 2. The van der Waals surface area contributed by atoms with Gasteiger partial charge in [-0.15, -0.1) is 0 Å². The van der Waals surface area contributed by atoms with Crippen LogP contribution in [0.2, 0.25) is 0 Å². The zero-order chi connectivity index (χ0) is 26.1. The molecule has 4 heterocycles. The van der Waals surface area contributed by atoms with Crippen LogP contribution >= 0.6 is 0 Å². The maximum atomic E-state index is 12.1. The lowest BCUT2D eigenvalue weighted by molar-refractivity contribution is -0.126. The molecule has 3 aliphatic heterocycles. The Morgan fingerprint density at radius 2 is 1.89 bits per heavy atom. The topological polar surface area (TPSA) is 65.0 Å². The third-order valence-corrected chi connectivity index (χ3v) is 8.94. The van der Waals surface area contributed by atoms with Crippen LogP contribution in [0.1, 0.15) is 42.5 Å². The van der Waals surface area contributed by atoms with Crippen molar-refractivity contribution in [2.75, 3.05) is 62.7 Å². The summed E-state index contributed by atoms with van der Waals surface area (Å²) in [5.74, 6) is 1.01. The van der Waals surface area contributed by atoms with Crippen LogP contribution in [0.5, 0.6) is 6.01 Å². The van der Waals surface area contributed by atoms with E-state index in [1.807, 2.05) is 4.90 Å². The van der Waals surface area contributed by atoms with Crippen LogP contribution in [-0.4, -0.2) is 90.7 Å². The van der Waals surface area contributed by atoms with Crippen molar-refractivity contribution >= 4 is 17.4 Å². The van der Waals surface area contributed by atoms with E-state index in [0.29, 0.717) is 37.8 Å². The van der Waals surface area contributed by atoms with E-state index in [0.717, 1.165) is 69.8 Å². The van der Waals surface area contributed by atoms with E-state index >= 15 is 0 Å². The number of anilines is 2. The lowest BCUT2D eigenvalue weighted by atomic mass is 9.88. The largest absolute Gasteiger partial charge is 0.462 e. The van der Waals surface area contributed by atoms with Gasteiger partial charge >= 0.3 is 6.01 Å². The first kappa shape index (κ1) is 25.2. The zero-order valence-electron chi connectivity index (χ0n) is 22.6. The number of fused-ring (bicyclic) bond motifs is 2. The molecule has 1 aromatic heterocycles. The molecule has 0 N–H and O–H groups in total. The minimum atomic E-state index is 0.00345. The molecule has 0 saturated carbocycles. The third-order valence-electron chi connectivity index (χ3n) is 8.94. The van der Waals surface area contributed by atoms with Crippen LogP contribution < -0.4 is 14.5 Å². The summed E-state index contributed by atoms with van der Waals surface area (Å²) in [7, 11) is 2.17. The Hall–Kier alpha value is -3.13. The number of amides is 1. The van der Waals surface area contributed by atoms with Gasteiger partial charge in [-0.1, -0.05) is 24.8 Å². The molecule has 202 valence electrons. The lowest BCUT2D eigenvalue weighted by Crippen LogP contribution is -2.49. The Labute approximate surface area is 226 Å². The molecule has 0 bridgehead atoms. The van der Waals surface area contributed by atoms with E-state index in [9.17, 15) is 4.79 Å². The second-order valence-electron chi connectivity index (χ2n) is 11.2. The fourth-order valence-corrected chi connectivity index (χ4v) is 6.72. The minimum Gasteiger partial charge on any atom is -0.462 e. The van der Waals surface area contributed by atoms with Gasteiger partial charge < -0.3 is 24.3 Å². The summed E-state index contributed by atoms with van der Waals surface area (Å²) in [4.78, 5) is 31.4. The number of ether oxygens (including phenoxy) is 1. The monoisotopic (exact) mass is 516 g/mol. The van der Waals surface area contributed by atoms with Gasteiger partial charge in [-0.25, -0.2) is 0 Å². The number of carbonyl (C=O) groups excluding carboxylic acids is 1. The van der Waals surface area contributed by atoms with E-state index in [4.69, 9.17) is 14.7 Å². The number of carbonyl (C=O) groups is 1. The van der Waals surface area contributed by atoms with Crippen LogP contribution in [0.3, 0.4) is 0 Å². The molecule has 2 atom stereocenters. The molecule has 8 nitrogen and oxygen atoms in total. The fraction of sp³-hybridized carbons (Fsp3) is 0.567. The predicted molar refractivity (Wildman–Crippen MR) is 150 cm³/mol. The lowest BCUT2D eigenvalue weighted by Gasteiger charge is -2.41. The summed E-state index contributed by atoms with van der Waals surface area (Å²) in [5.41, 5.74) is 5.25. The van der Waals surface area contributed by atoms with E-state index < -0.39 is 0 Å². The first-order chi connectivity index (χ1) is 18.6. The van der Waals surface area contributed by atoms with Crippen molar-refractivity contribution < 1.29 is 9.53 Å². The first-order valence-electron chi connectivity index (χ1n) is 14.3. The Morgan fingerprint density at radius 3 is 2.68 bits per heavy atom. The normalized spacial score (nSPS) is 23.7. The Balaban J connectivity index is 1.26. The predicted octanol–water partition coefficient (Wildman–Crippen LogP) is 3.09. The number of aryl methyl sites for hydroxylation is 1. The molecule has 2 fully saturated rings. The molecule has 4 aliphatic rings. The summed E-state index contributed by atoms with van der Waals surface area (Å²) in [6.07, 6.45) is 9.12. The van der Waals surface area contributed by atoms with E-state index in [1.165, 1.54) is 35.7 Å². The molecule has 6 rings (SSSR count). The summed E-state index contributed by atoms with van der Waals surface area (Å²) in [5, 5.41) is 0. The quantitative estimate of drug-likeness (QED) is 0.547. The molecular formula is C30H40N6O2. The number of hydrogen-bond acceptors (Lipinski definition) is 7. The minimum absolute atomic E-state index is 0.00345. The van der Waals surface area contributed by atoms with Gasteiger partial charge in [0.1, 0.15) is 12.4 Å². The van der Waals surface area contributed by atoms with E-state index in [-0.39, 0.29) is 5.91 Å². The molecule has 0 spiro atoms.